The molecule has 0 aliphatic heterocycles. The van der Waals surface area contributed by atoms with Crippen LogP contribution in [-0.4, -0.2) is 47.5 Å². The van der Waals surface area contributed by atoms with E-state index in [1.807, 2.05) is 65.0 Å². The van der Waals surface area contributed by atoms with Crippen molar-refractivity contribution in [1.29, 1.82) is 0 Å². The van der Waals surface area contributed by atoms with Crippen LogP contribution in [0.3, 0.4) is 0 Å². The van der Waals surface area contributed by atoms with Crippen LogP contribution >= 0.6 is 11.3 Å². The molecule has 0 saturated carbocycles. The third-order valence-electron chi connectivity index (χ3n) is 4.07. The second kappa shape index (κ2) is 9.30. The molecule has 1 unspecified atom stereocenters. The Labute approximate surface area is 170 Å². The maximum Gasteiger partial charge on any atom is 0.266 e. The van der Waals surface area contributed by atoms with Crippen LogP contribution in [0.15, 0.2) is 30.3 Å². The zero-order chi connectivity index (χ0) is 20.9. The SMILES string of the molecule is COCCN(C(=O)c1sc(C)nc1C)C(C(=O)NC(C)(C)C)c1ccccc1. The van der Waals surface area contributed by atoms with Crippen LogP contribution in [0.25, 0.3) is 0 Å². The summed E-state index contributed by atoms with van der Waals surface area (Å²) in [6.45, 7) is 10.1. The van der Waals surface area contributed by atoms with E-state index in [2.05, 4.69) is 10.3 Å². The van der Waals surface area contributed by atoms with Crippen molar-refractivity contribution in [3.63, 3.8) is 0 Å². The predicted molar refractivity (Wildman–Crippen MR) is 112 cm³/mol. The van der Waals surface area contributed by atoms with Crippen LogP contribution in [0.4, 0.5) is 0 Å². The van der Waals surface area contributed by atoms with Gasteiger partial charge in [0.25, 0.3) is 5.91 Å². The number of methoxy groups -OCH3 is 1. The van der Waals surface area contributed by atoms with Crippen molar-refractivity contribution in [1.82, 2.24) is 15.2 Å². The Morgan fingerprint density at radius 2 is 1.86 bits per heavy atom. The van der Waals surface area contributed by atoms with E-state index in [0.717, 1.165) is 10.6 Å². The molecule has 1 heterocycles. The number of hydrogen-bond donors (Lipinski definition) is 1. The number of nitrogens with zero attached hydrogens (tertiary/aromatic N) is 2. The Kier molecular flexibility index (Phi) is 7.32. The fourth-order valence-electron chi connectivity index (χ4n) is 2.94. The van der Waals surface area contributed by atoms with Gasteiger partial charge in [0.2, 0.25) is 5.91 Å². The van der Waals surface area contributed by atoms with Crippen LogP contribution in [0.5, 0.6) is 0 Å². The molecule has 0 fully saturated rings. The number of benzene rings is 1. The first-order valence-electron chi connectivity index (χ1n) is 9.25. The first kappa shape index (κ1) is 22.0. The maximum absolute atomic E-state index is 13.4. The van der Waals surface area contributed by atoms with Gasteiger partial charge >= 0.3 is 0 Å². The lowest BCUT2D eigenvalue weighted by molar-refractivity contribution is -0.127. The summed E-state index contributed by atoms with van der Waals surface area (Å²) in [7, 11) is 1.58. The lowest BCUT2D eigenvalue weighted by Crippen LogP contribution is -2.50. The van der Waals surface area contributed by atoms with Gasteiger partial charge in [0.1, 0.15) is 10.9 Å². The number of hydrogen-bond acceptors (Lipinski definition) is 5. The molecular formula is C21H29N3O3S. The summed E-state index contributed by atoms with van der Waals surface area (Å²) < 4.78 is 5.22. The molecule has 7 heteroatoms. The first-order valence-corrected chi connectivity index (χ1v) is 10.1. The van der Waals surface area contributed by atoms with E-state index in [4.69, 9.17) is 4.74 Å². The molecule has 1 N–H and O–H groups in total. The average Bonchev–Trinajstić information content (AvgIpc) is 2.95. The van der Waals surface area contributed by atoms with Gasteiger partial charge in [-0.25, -0.2) is 4.98 Å². The molecular weight excluding hydrogens is 374 g/mol. The third kappa shape index (κ3) is 5.62. The lowest BCUT2D eigenvalue weighted by atomic mass is 10.0. The first-order chi connectivity index (χ1) is 13.1. The number of carbonyl (C=O) groups excluding carboxylic acids is 2. The molecule has 2 amide bonds. The molecule has 2 aromatic rings. The highest BCUT2D eigenvalue weighted by Crippen LogP contribution is 2.27. The normalized spacial score (nSPS) is 12.5. The summed E-state index contributed by atoms with van der Waals surface area (Å²) in [5.74, 6) is -0.430. The van der Waals surface area contributed by atoms with Gasteiger partial charge in [-0.15, -0.1) is 11.3 Å². The molecule has 0 spiro atoms. The van der Waals surface area contributed by atoms with Crippen LogP contribution in [0, 0.1) is 13.8 Å². The van der Waals surface area contributed by atoms with Gasteiger partial charge in [-0.2, -0.15) is 0 Å². The summed E-state index contributed by atoms with van der Waals surface area (Å²) in [6.07, 6.45) is 0. The number of rotatable bonds is 7. The van der Waals surface area contributed by atoms with Crippen LogP contribution in [0.2, 0.25) is 0 Å². The Hall–Kier alpha value is -2.25. The van der Waals surface area contributed by atoms with Gasteiger partial charge in [0.05, 0.1) is 17.3 Å². The van der Waals surface area contributed by atoms with E-state index in [-0.39, 0.29) is 11.8 Å². The maximum atomic E-state index is 13.4. The average molecular weight is 404 g/mol. The van der Waals surface area contributed by atoms with Crippen molar-refractivity contribution in [3.05, 3.63) is 51.5 Å². The molecule has 0 aliphatic carbocycles. The van der Waals surface area contributed by atoms with Crippen molar-refractivity contribution in [2.45, 2.75) is 46.2 Å². The Morgan fingerprint density at radius 1 is 1.21 bits per heavy atom. The molecule has 1 atom stereocenters. The molecule has 0 bridgehead atoms. The van der Waals surface area contributed by atoms with E-state index in [9.17, 15) is 9.59 Å². The van der Waals surface area contributed by atoms with Crippen molar-refractivity contribution >= 4 is 23.2 Å². The molecule has 0 aliphatic rings. The van der Waals surface area contributed by atoms with E-state index in [1.165, 1.54) is 11.3 Å². The van der Waals surface area contributed by atoms with Gasteiger partial charge in [0, 0.05) is 19.2 Å². The number of nitrogens with one attached hydrogen (secondary N) is 1. The van der Waals surface area contributed by atoms with Gasteiger partial charge in [-0.1, -0.05) is 30.3 Å². The summed E-state index contributed by atoms with van der Waals surface area (Å²) in [5.41, 5.74) is 1.02. The molecule has 2 rings (SSSR count). The highest BCUT2D eigenvalue weighted by molar-refractivity contribution is 7.13. The van der Waals surface area contributed by atoms with E-state index < -0.39 is 11.6 Å². The van der Waals surface area contributed by atoms with Gasteiger partial charge < -0.3 is 15.0 Å². The minimum absolute atomic E-state index is 0.210. The summed E-state index contributed by atoms with van der Waals surface area (Å²) in [4.78, 5) is 33.2. The minimum Gasteiger partial charge on any atom is -0.383 e. The zero-order valence-electron chi connectivity index (χ0n) is 17.4. The predicted octanol–water partition coefficient (Wildman–Crippen LogP) is 3.50. The number of ether oxygens (including phenoxy) is 1. The van der Waals surface area contributed by atoms with Crippen LogP contribution in [-0.2, 0) is 9.53 Å². The largest absolute Gasteiger partial charge is 0.383 e. The van der Waals surface area contributed by atoms with Crippen LogP contribution < -0.4 is 5.32 Å². The Balaban J connectivity index is 2.50. The van der Waals surface area contributed by atoms with E-state index in [0.29, 0.717) is 23.7 Å². The number of carbonyl (C=O) groups is 2. The van der Waals surface area contributed by atoms with Gasteiger partial charge in [-0.3, -0.25) is 9.59 Å². The van der Waals surface area contributed by atoms with Crippen molar-refractivity contribution < 1.29 is 14.3 Å². The van der Waals surface area contributed by atoms with E-state index >= 15 is 0 Å². The minimum atomic E-state index is -0.759. The highest BCUT2D eigenvalue weighted by atomic mass is 32.1. The molecule has 152 valence electrons. The van der Waals surface area contributed by atoms with Gasteiger partial charge in [0.15, 0.2) is 0 Å². The van der Waals surface area contributed by atoms with Gasteiger partial charge in [-0.05, 0) is 40.2 Å². The number of aromatic nitrogens is 1. The molecule has 0 saturated heterocycles. The second-order valence-corrected chi connectivity index (χ2v) is 8.89. The smallest absolute Gasteiger partial charge is 0.266 e. The fourth-order valence-corrected chi connectivity index (χ4v) is 3.82. The molecule has 1 aromatic heterocycles. The second-order valence-electron chi connectivity index (χ2n) is 7.69. The Bertz CT molecular complexity index is 812. The standard InChI is InChI=1S/C21H29N3O3S/c1-14-18(28-15(2)22-14)20(26)24(12-13-27-6)17(16-10-8-7-9-11-16)19(25)23-21(3,4)5/h7-11,17H,12-13H2,1-6H3,(H,23,25). The highest BCUT2D eigenvalue weighted by Gasteiger charge is 2.34. The fraction of sp³-hybridized carbons (Fsp3) is 0.476. The zero-order valence-corrected chi connectivity index (χ0v) is 18.2. The summed E-state index contributed by atoms with van der Waals surface area (Å²) >= 11 is 1.35. The summed E-state index contributed by atoms with van der Waals surface area (Å²) in [6, 6.07) is 8.60. The van der Waals surface area contributed by atoms with Crippen molar-refractivity contribution in [2.75, 3.05) is 20.3 Å². The Morgan fingerprint density at radius 3 is 2.36 bits per heavy atom. The third-order valence-corrected chi connectivity index (χ3v) is 5.13. The quantitative estimate of drug-likeness (QED) is 0.768. The van der Waals surface area contributed by atoms with E-state index in [1.54, 1.807) is 12.0 Å². The van der Waals surface area contributed by atoms with Crippen molar-refractivity contribution in [2.24, 2.45) is 0 Å². The molecule has 28 heavy (non-hydrogen) atoms. The molecule has 6 nitrogen and oxygen atoms in total. The lowest BCUT2D eigenvalue weighted by Gasteiger charge is -2.33. The number of aryl methyl sites for hydroxylation is 2. The summed E-state index contributed by atoms with van der Waals surface area (Å²) in [5, 5.41) is 3.84. The molecule has 0 radical (unpaired) electrons. The monoisotopic (exact) mass is 403 g/mol. The number of amides is 2. The van der Waals surface area contributed by atoms with Crippen LogP contribution in [0.1, 0.15) is 52.7 Å². The van der Waals surface area contributed by atoms with Crippen molar-refractivity contribution in [3.8, 4) is 0 Å². The number of thiazole rings is 1. The molecule has 1 aromatic carbocycles. The topological polar surface area (TPSA) is 71.5 Å².